The van der Waals surface area contributed by atoms with Crippen LogP contribution in [-0.2, 0) is 11.3 Å². The van der Waals surface area contributed by atoms with Gasteiger partial charge in [-0.15, -0.1) is 11.3 Å². The van der Waals surface area contributed by atoms with Gasteiger partial charge in [0.15, 0.2) is 0 Å². The lowest BCUT2D eigenvalue weighted by Gasteiger charge is -2.33. The van der Waals surface area contributed by atoms with Crippen LogP contribution in [0.3, 0.4) is 0 Å². The van der Waals surface area contributed by atoms with E-state index in [9.17, 15) is 4.79 Å². The summed E-state index contributed by atoms with van der Waals surface area (Å²) in [6.45, 7) is 8.41. The van der Waals surface area contributed by atoms with Gasteiger partial charge in [-0.2, -0.15) is 0 Å². The van der Waals surface area contributed by atoms with Crippen LogP contribution >= 0.6 is 11.3 Å². The SMILES string of the molecule is Cc1nc(C)c(C)c(N2CCC(C(=O)NCc3cccs3)CC2)n1. The molecule has 3 rings (SSSR count). The third kappa shape index (κ3) is 3.75. The van der Waals surface area contributed by atoms with E-state index in [0.29, 0.717) is 6.54 Å². The minimum Gasteiger partial charge on any atom is -0.356 e. The molecule has 2 aromatic heterocycles. The molecular weight excluding hydrogens is 320 g/mol. The molecule has 0 radical (unpaired) electrons. The highest BCUT2D eigenvalue weighted by Crippen LogP contribution is 2.26. The van der Waals surface area contributed by atoms with Crippen molar-refractivity contribution in [2.75, 3.05) is 18.0 Å². The number of amides is 1. The summed E-state index contributed by atoms with van der Waals surface area (Å²) in [6.07, 6.45) is 1.75. The molecule has 3 heterocycles. The number of nitrogens with zero attached hydrogens (tertiary/aromatic N) is 3. The molecule has 1 fully saturated rings. The van der Waals surface area contributed by atoms with Crippen molar-refractivity contribution in [2.45, 2.75) is 40.2 Å². The van der Waals surface area contributed by atoms with Gasteiger partial charge in [-0.05, 0) is 45.1 Å². The number of aryl methyl sites for hydroxylation is 2. The van der Waals surface area contributed by atoms with E-state index in [1.165, 1.54) is 4.88 Å². The van der Waals surface area contributed by atoms with Crippen molar-refractivity contribution in [1.29, 1.82) is 0 Å². The molecule has 0 saturated carbocycles. The van der Waals surface area contributed by atoms with Gasteiger partial charge in [-0.1, -0.05) is 6.07 Å². The number of rotatable bonds is 4. The zero-order chi connectivity index (χ0) is 17.1. The van der Waals surface area contributed by atoms with E-state index in [-0.39, 0.29) is 11.8 Å². The second-order valence-corrected chi connectivity index (χ2v) is 7.40. The van der Waals surface area contributed by atoms with Gasteiger partial charge in [0.25, 0.3) is 0 Å². The number of carbonyl (C=O) groups is 1. The first-order valence-electron chi connectivity index (χ1n) is 8.41. The Morgan fingerprint density at radius 3 is 2.71 bits per heavy atom. The first kappa shape index (κ1) is 16.9. The van der Waals surface area contributed by atoms with Gasteiger partial charge in [0.2, 0.25) is 5.91 Å². The molecule has 5 nitrogen and oxygen atoms in total. The van der Waals surface area contributed by atoms with Crippen LogP contribution in [0.5, 0.6) is 0 Å². The zero-order valence-electron chi connectivity index (χ0n) is 14.5. The molecule has 1 N–H and O–H groups in total. The van der Waals surface area contributed by atoms with E-state index in [0.717, 1.165) is 48.8 Å². The fraction of sp³-hybridized carbons (Fsp3) is 0.500. The molecule has 1 amide bonds. The second-order valence-electron chi connectivity index (χ2n) is 6.36. The first-order valence-corrected chi connectivity index (χ1v) is 9.29. The zero-order valence-corrected chi connectivity index (χ0v) is 15.3. The summed E-state index contributed by atoms with van der Waals surface area (Å²) in [4.78, 5) is 24.9. The molecule has 0 spiro atoms. The van der Waals surface area contributed by atoms with Gasteiger partial charge >= 0.3 is 0 Å². The smallest absolute Gasteiger partial charge is 0.223 e. The predicted octanol–water partition coefficient (Wildman–Crippen LogP) is 3.00. The largest absolute Gasteiger partial charge is 0.356 e. The summed E-state index contributed by atoms with van der Waals surface area (Å²) in [5.41, 5.74) is 2.18. The number of nitrogens with one attached hydrogen (secondary N) is 1. The highest BCUT2D eigenvalue weighted by Gasteiger charge is 2.26. The van der Waals surface area contributed by atoms with Gasteiger partial charge in [0, 0.05) is 35.1 Å². The van der Waals surface area contributed by atoms with Crippen LogP contribution in [0.25, 0.3) is 0 Å². The Labute approximate surface area is 147 Å². The van der Waals surface area contributed by atoms with Crippen LogP contribution in [0.2, 0.25) is 0 Å². The first-order chi connectivity index (χ1) is 11.5. The normalized spacial score (nSPS) is 15.5. The van der Waals surface area contributed by atoms with Gasteiger partial charge in [-0.25, -0.2) is 9.97 Å². The second kappa shape index (κ2) is 7.30. The van der Waals surface area contributed by atoms with Crippen molar-refractivity contribution in [1.82, 2.24) is 15.3 Å². The number of hydrogen-bond acceptors (Lipinski definition) is 5. The van der Waals surface area contributed by atoms with Gasteiger partial charge in [0.05, 0.1) is 6.54 Å². The average molecular weight is 344 g/mol. The molecule has 1 aliphatic heterocycles. The summed E-state index contributed by atoms with van der Waals surface area (Å²) < 4.78 is 0. The van der Waals surface area contributed by atoms with E-state index < -0.39 is 0 Å². The van der Waals surface area contributed by atoms with Crippen LogP contribution in [0.4, 0.5) is 5.82 Å². The summed E-state index contributed by atoms with van der Waals surface area (Å²) in [5, 5.41) is 5.10. The van der Waals surface area contributed by atoms with Gasteiger partial charge < -0.3 is 10.2 Å². The third-order valence-electron chi connectivity index (χ3n) is 4.66. The maximum absolute atomic E-state index is 12.4. The molecule has 0 atom stereocenters. The molecule has 6 heteroatoms. The molecule has 0 aromatic carbocycles. The Morgan fingerprint density at radius 2 is 2.04 bits per heavy atom. The van der Waals surface area contributed by atoms with Crippen LogP contribution in [0.15, 0.2) is 17.5 Å². The van der Waals surface area contributed by atoms with Crippen LogP contribution < -0.4 is 10.2 Å². The number of hydrogen-bond donors (Lipinski definition) is 1. The van der Waals surface area contributed by atoms with Crippen molar-refractivity contribution in [2.24, 2.45) is 5.92 Å². The molecule has 0 aliphatic carbocycles. The van der Waals surface area contributed by atoms with Crippen molar-refractivity contribution in [3.63, 3.8) is 0 Å². The van der Waals surface area contributed by atoms with E-state index in [2.05, 4.69) is 33.2 Å². The van der Waals surface area contributed by atoms with Crippen LogP contribution in [-0.4, -0.2) is 29.0 Å². The van der Waals surface area contributed by atoms with E-state index in [4.69, 9.17) is 0 Å². The van der Waals surface area contributed by atoms with E-state index in [1.54, 1.807) is 11.3 Å². The summed E-state index contributed by atoms with van der Waals surface area (Å²) in [7, 11) is 0. The van der Waals surface area contributed by atoms with Crippen molar-refractivity contribution >= 4 is 23.1 Å². The standard InChI is InChI=1S/C18H24N4OS/c1-12-13(2)20-14(3)21-17(12)22-8-6-15(7-9-22)18(23)19-11-16-5-4-10-24-16/h4-5,10,15H,6-9,11H2,1-3H3,(H,19,23). The Balaban J connectivity index is 1.56. The summed E-state index contributed by atoms with van der Waals surface area (Å²) in [6, 6.07) is 4.06. The van der Waals surface area contributed by atoms with Gasteiger partial charge in [0.1, 0.15) is 11.6 Å². The summed E-state index contributed by atoms with van der Waals surface area (Å²) >= 11 is 1.68. The Morgan fingerprint density at radius 1 is 1.29 bits per heavy atom. The summed E-state index contributed by atoms with van der Waals surface area (Å²) in [5.74, 6) is 2.11. The maximum atomic E-state index is 12.4. The van der Waals surface area contributed by atoms with Crippen LogP contribution in [0.1, 0.15) is 34.8 Å². The highest BCUT2D eigenvalue weighted by atomic mass is 32.1. The quantitative estimate of drug-likeness (QED) is 0.926. The van der Waals surface area contributed by atoms with E-state index >= 15 is 0 Å². The Bertz CT molecular complexity index is 706. The molecule has 2 aromatic rings. The monoisotopic (exact) mass is 344 g/mol. The Kier molecular flexibility index (Phi) is 5.14. The van der Waals surface area contributed by atoms with Gasteiger partial charge in [-0.3, -0.25) is 4.79 Å². The molecule has 1 aliphatic rings. The highest BCUT2D eigenvalue weighted by molar-refractivity contribution is 7.09. The third-order valence-corrected chi connectivity index (χ3v) is 5.53. The lowest BCUT2D eigenvalue weighted by Crippen LogP contribution is -2.41. The average Bonchev–Trinajstić information content (AvgIpc) is 3.09. The topological polar surface area (TPSA) is 58.1 Å². The number of carbonyl (C=O) groups excluding carboxylic acids is 1. The fourth-order valence-electron chi connectivity index (χ4n) is 3.14. The minimum atomic E-state index is 0.102. The number of aromatic nitrogens is 2. The maximum Gasteiger partial charge on any atom is 0.223 e. The fourth-order valence-corrected chi connectivity index (χ4v) is 3.79. The molecule has 24 heavy (non-hydrogen) atoms. The van der Waals surface area contributed by atoms with Crippen molar-refractivity contribution in [3.05, 3.63) is 39.5 Å². The number of anilines is 1. The van der Waals surface area contributed by atoms with Crippen molar-refractivity contribution < 1.29 is 4.79 Å². The molecule has 1 saturated heterocycles. The molecular formula is C18H24N4OS. The molecule has 0 unspecified atom stereocenters. The van der Waals surface area contributed by atoms with E-state index in [1.807, 2.05) is 25.3 Å². The lowest BCUT2D eigenvalue weighted by molar-refractivity contribution is -0.125. The lowest BCUT2D eigenvalue weighted by atomic mass is 9.95. The van der Waals surface area contributed by atoms with Crippen LogP contribution in [0, 0.1) is 26.7 Å². The number of piperidine rings is 1. The molecule has 128 valence electrons. The Hall–Kier alpha value is -1.95. The number of thiophene rings is 1. The minimum absolute atomic E-state index is 0.102. The van der Waals surface area contributed by atoms with Crippen molar-refractivity contribution in [3.8, 4) is 0 Å². The predicted molar refractivity (Wildman–Crippen MR) is 97.3 cm³/mol. The molecule has 0 bridgehead atoms.